The fraction of sp³-hybridized carbons (Fsp3) is 0.273. The van der Waals surface area contributed by atoms with Gasteiger partial charge in [0.15, 0.2) is 5.65 Å². The average molecular weight is 202 g/mol. The van der Waals surface area contributed by atoms with E-state index in [1.165, 1.54) is 5.57 Å². The lowest BCUT2D eigenvalue weighted by Crippen LogP contribution is -2.02. The van der Waals surface area contributed by atoms with Gasteiger partial charge in [-0.1, -0.05) is 13.0 Å². The van der Waals surface area contributed by atoms with Gasteiger partial charge < -0.3 is 5.73 Å². The number of fused-ring (bicyclic) bond motifs is 1. The Balaban J connectivity index is 2.63. The number of hydrogen-bond acceptors (Lipinski definition) is 3. The van der Waals surface area contributed by atoms with Gasteiger partial charge in [0.1, 0.15) is 5.82 Å². The molecule has 2 N–H and O–H groups in total. The standard InChI is InChI=1S/C11H14N4/c1-3-8(4-2)9-7-10(12)15-11(14-9)5-6-13-15/h3,5-7H,4,12H2,1-2H3/b8-3+. The summed E-state index contributed by atoms with van der Waals surface area (Å²) in [6.07, 6.45) is 4.71. The first-order valence-electron chi connectivity index (χ1n) is 5.02. The van der Waals surface area contributed by atoms with Crippen molar-refractivity contribution in [1.82, 2.24) is 14.6 Å². The van der Waals surface area contributed by atoms with Crippen molar-refractivity contribution in [3.63, 3.8) is 0 Å². The van der Waals surface area contributed by atoms with E-state index in [1.54, 1.807) is 10.7 Å². The topological polar surface area (TPSA) is 56.2 Å². The Hall–Kier alpha value is -1.84. The van der Waals surface area contributed by atoms with Crippen LogP contribution in [0.4, 0.5) is 5.82 Å². The minimum atomic E-state index is 0.618. The Labute approximate surface area is 88.4 Å². The number of hydrogen-bond donors (Lipinski definition) is 1. The minimum Gasteiger partial charge on any atom is -0.384 e. The molecule has 0 radical (unpaired) electrons. The van der Waals surface area contributed by atoms with Gasteiger partial charge in [0.05, 0.1) is 11.9 Å². The van der Waals surface area contributed by atoms with Crippen molar-refractivity contribution in [2.45, 2.75) is 20.3 Å². The quantitative estimate of drug-likeness (QED) is 0.811. The number of nitrogen functional groups attached to an aromatic ring is 1. The molecule has 0 saturated carbocycles. The molecule has 0 aliphatic carbocycles. The highest BCUT2D eigenvalue weighted by molar-refractivity contribution is 5.66. The Kier molecular flexibility index (Phi) is 2.41. The van der Waals surface area contributed by atoms with E-state index in [0.29, 0.717) is 5.82 Å². The summed E-state index contributed by atoms with van der Waals surface area (Å²) >= 11 is 0. The number of nitrogens with two attached hydrogens (primary N) is 1. The van der Waals surface area contributed by atoms with Gasteiger partial charge >= 0.3 is 0 Å². The summed E-state index contributed by atoms with van der Waals surface area (Å²) in [6, 6.07) is 3.71. The van der Waals surface area contributed by atoms with Crippen LogP contribution in [0.5, 0.6) is 0 Å². The third-order valence-electron chi connectivity index (χ3n) is 2.45. The van der Waals surface area contributed by atoms with Crippen LogP contribution < -0.4 is 5.73 Å². The summed E-state index contributed by atoms with van der Waals surface area (Å²) in [7, 11) is 0. The van der Waals surface area contributed by atoms with Crippen molar-refractivity contribution >= 4 is 17.0 Å². The van der Waals surface area contributed by atoms with Crippen LogP contribution in [-0.2, 0) is 0 Å². The molecule has 0 aliphatic heterocycles. The summed E-state index contributed by atoms with van der Waals surface area (Å²) < 4.78 is 1.63. The van der Waals surface area contributed by atoms with Crippen LogP contribution in [0.1, 0.15) is 26.0 Å². The molecule has 0 unspecified atom stereocenters. The molecule has 2 rings (SSSR count). The molecular weight excluding hydrogens is 188 g/mol. The first-order valence-corrected chi connectivity index (χ1v) is 5.02. The second-order valence-electron chi connectivity index (χ2n) is 3.33. The summed E-state index contributed by atoms with van der Waals surface area (Å²) in [5, 5.41) is 4.08. The Morgan fingerprint density at radius 1 is 1.60 bits per heavy atom. The molecule has 0 fully saturated rings. The molecule has 2 aromatic rings. The average Bonchev–Trinajstić information content (AvgIpc) is 2.68. The Morgan fingerprint density at radius 3 is 3.07 bits per heavy atom. The molecule has 4 nitrogen and oxygen atoms in total. The molecule has 2 aromatic heterocycles. The van der Waals surface area contributed by atoms with Gasteiger partial charge in [-0.2, -0.15) is 9.61 Å². The summed E-state index contributed by atoms with van der Waals surface area (Å²) in [4.78, 5) is 4.49. The Bertz CT molecular complexity index is 510. The number of aromatic nitrogens is 3. The lowest BCUT2D eigenvalue weighted by atomic mass is 10.1. The lowest BCUT2D eigenvalue weighted by molar-refractivity contribution is 0.946. The van der Waals surface area contributed by atoms with Gasteiger partial charge in [-0.3, -0.25) is 0 Å². The molecule has 0 amide bonds. The van der Waals surface area contributed by atoms with E-state index >= 15 is 0 Å². The lowest BCUT2D eigenvalue weighted by Gasteiger charge is -2.06. The zero-order chi connectivity index (χ0) is 10.8. The third-order valence-corrected chi connectivity index (χ3v) is 2.45. The minimum absolute atomic E-state index is 0.618. The predicted molar refractivity (Wildman–Crippen MR) is 61.3 cm³/mol. The number of nitrogens with zero attached hydrogens (tertiary/aromatic N) is 3. The first-order chi connectivity index (χ1) is 7.26. The molecule has 15 heavy (non-hydrogen) atoms. The Morgan fingerprint density at radius 2 is 2.40 bits per heavy atom. The first kappa shape index (κ1) is 9.71. The van der Waals surface area contributed by atoms with Gasteiger partial charge in [0, 0.05) is 12.1 Å². The third kappa shape index (κ3) is 1.58. The molecule has 0 bridgehead atoms. The summed E-state index contributed by atoms with van der Waals surface area (Å²) in [5.74, 6) is 0.618. The van der Waals surface area contributed by atoms with E-state index in [-0.39, 0.29) is 0 Å². The molecule has 0 atom stereocenters. The molecule has 4 heteroatoms. The maximum Gasteiger partial charge on any atom is 0.157 e. The second-order valence-corrected chi connectivity index (χ2v) is 3.33. The van der Waals surface area contributed by atoms with Gasteiger partial charge in [-0.05, 0) is 18.9 Å². The highest BCUT2D eigenvalue weighted by atomic mass is 15.3. The fourth-order valence-corrected chi connectivity index (χ4v) is 1.63. The smallest absolute Gasteiger partial charge is 0.157 e. The molecule has 0 aliphatic rings. The van der Waals surface area contributed by atoms with Crippen LogP contribution in [0.3, 0.4) is 0 Å². The van der Waals surface area contributed by atoms with Gasteiger partial charge in [0.25, 0.3) is 0 Å². The normalized spacial score (nSPS) is 12.3. The largest absolute Gasteiger partial charge is 0.384 e. The molecule has 0 saturated heterocycles. The maximum absolute atomic E-state index is 5.88. The molecular formula is C11H14N4. The van der Waals surface area contributed by atoms with Crippen molar-refractivity contribution in [2.75, 3.05) is 5.73 Å². The van der Waals surface area contributed by atoms with E-state index in [9.17, 15) is 0 Å². The monoisotopic (exact) mass is 202 g/mol. The van der Waals surface area contributed by atoms with E-state index in [1.807, 2.05) is 19.1 Å². The van der Waals surface area contributed by atoms with Crippen LogP contribution in [0.15, 0.2) is 24.4 Å². The highest BCUT2D eigenvalue weighted by Crippen LogP contribution is 2.19. The molecule has 0 aromatic carbocycles. The zero-order valence-corrected chi connectivity index (χ0v) is 8.94. The van der Waals surface area contributed by atoms with Crippen molar-refractivity contribution < 1.29 is 0 Å². The number of rotatable bonds is 2. The van der Waals surface area contributed by atoms with Crippen molar-refractivity contribution in [3.05, 3.63) is 30.1 Å². The molecule has 78 valence electrons. The SMILES string of the molecule is C/C=C(\CC)c1cc(N)n2nccc2n1. The van der Waals surface area contributed by atoms with E-state index in [0.717, 1.165) is 17.8 Å². The van der Waals surface area contributed by atoms with Crippen LogP contribution in [0, 0.1) is 0 Å². The summed E-state index contributed by atoms with van der Waals surface area (Å²) in [5.41, 5.74) is 8.81. The highest BCUT2D eigenvalue weighted by Gasteiger charge is 2.05. The van der Waals surface area contributed by atoms with Crippen LogP contribution in [-0.4, -0.2) is 14.6 Å². The second kappa shape index (κ2) is 3.73. The van der Waals surface area contributed by atoms with Crippen LogP contribution >= 0.6 is 0 Å². The van der Waals surface area contributed by atoms with E-state index in [2.05, 4.69) is 23.1 Å². The van der Waals surface area contributed by atoms with Crippen LogP contribution in [0.25, 0.3) is 11.2 Å². The maximum atomic E-state index is 5.88. The molecule has 2 heterocycles. The van der Waals surface area contributed by atoms with Gasteiger partial charge in [0.2, 0.25) is 0 Å². The number of anilines is 1. The zero-order valence-electron chi connectivity index (χ0n) is 8.94. The van der Waals surface area contributed by atoms with Crippen molar-refractivity contribution in [2.24, 2.45) is 0 Å². The van der Waals surface area contributed by atoms with E-state index < -0.39 is 0 Å². The molecule has 0 spiro atoms. The summed E-state index contributed by atoms with van der Waals surface area (Å²) in [6.45, 7) is 4.12. The fourth-order valence-electron chi connectivity index (χ4n) is 1.63. The predicted octanol–water partition coefficient (Wildman–Crippen LogP) is 2.12. The van der Waals surface area contributed by atoms with Gasteiger partial charge in [-0.15, -0.1) is 0 Å². The van der Waals surface area contributed by atoms with Crippen LogP contribution in [0.2, 0.25) is 0 Å². The van der Waals surface area contributed by atoms with Crippen molar-refractivity contribution in [1.29, 1.82) is 0 Å². The van der Waals surface area contributed by atoms with E-state index in [4.69, 9.17) is 5.73 Å². The number of allylic oxidation sites excluding steroid dienone is 2. The van der Waals surface area contributed by atoms with Gasteiger partial charge in [-0.25, -0.2) is 4.98 Å². The van der Waals surface area contributed by atoms with Crippen molar-refractivity contribution in [3.8, 4) is 0 Å².